The molecule has 0 N–H and O–H groups in total. The summed E-state index contributed by atoms with van der Waals surface area (Å²) in [5, 5.41) is 4.89. The topological polar surface area (TPSA) is 68.2 Å². The van der Waals surface area contributed by atoms with Crippen LogP contribution >= 0.6 is 11.6 Å². The van der Waals surface area contributed by atoms with Gasteiger partial charge < -0.3 is 14.5 Å². The number of ether oxygens (including phenoxy) is 1. The van der Waals surface area contributed by atoms with Gasteiger partial charge >= 0.3 is 5.97 Å². The van der Waals surface area contributed by atoms with E-state index in [-0.39, 0.29) is 18.5 Å². The Hall–Kier alpha value is -2.38. The van der Waals surface area contributed by atoms with Gasteiger partial charge in [0, 0.05) is 32.6 Å². The summed E-state index contributed by atoms with van der Waals surface area (Å²) in [7, 11) is -1.35. The molecule has 1 aliphatic rings. The molecule has 0 saturated carbocycles. The van der Waals surface area contributed by atoms with E-state index in [4.69, 9.17) is 21.2 Å². The molecule has 6 nitrogen and oxygen atoms in total. The number of carbonyl (C=O) groups excluding carboxylic acids is 2. The average Bonchev–Trinajstić information content (AvgIpc) is 2.92. The molecular formula is C33H51ClN2O4Si. The Morgan fingerprint density at radius 2 is 1.71 bits per heavy atom. The molecule has 1 aromatic carbocycles. The first kappa shape index (κ1) is 34.8. The van der Waals surface area contributed by atoms with E-state index < -0.39 is 8.07 Å². The molecule has 1 aromatic rings. The Morgan fingerprint density at radius 3 is 2.39 bits per heavy atom. The number of amides is 1. The van der Waals surface area contributed by atoms with Gasteiger partial charge in [0.1, 0.15) is 0 Å². The molecule has 2 rings (SSSR count). The second-order valence-corrected chi connectivity index (χ2v) is 18.2. The van der Waals surface area contributed by atoms with Gasteiger partial charge in [-0.05, 0) is 81.2 Å². The molecule has 0 spiro atoms. The number of piperidine rings is 1. The zero-order chi connectivity index (χ0) is 30.3. The van der Waals surface area contributed by atoms with E-state index in [0.717, 1.165) is 68.8 Å². The third-order valence-corrected chi connectivity index (χ3v) is 9.40. The lowest BCUT2D eigenvalue weighted by molar-refractivity contribution is -0.137. The molecule has 1 aliphatic heterocycles. The van der Waals surface area contributed by atoms with Crippen LogP contribution < -0.4 is 0 Å². The number of likely N-dealkylation sites (tertiary alicyclic amines) is 1. The maximum Gasteiger partial charge on any atom is 0.338 e. The van der Waals surface area contributed by atoms with Crippen LogP contribution in [-0.2, 0) is 20.8 Å². The summed E-state index contributed by atoms with van der Waals surface area (Å²) >= 11 is 6.80. The maximum atomic E-state index is 13.3. The summed E-state index contributed by atoms with van der Waals surface area (Å²) in [5.74, 6) is -0.413. The molecule has 0 unspecified atom stereocenters. The first-order chi connectivity index (χ1) is 19.5. The Morgan fingerprint density at radius 1 is 1.02 bits per heavy atom. The third-order valence-electron chi connectivity index (χ3n) is 7.17. The van der Waals surface area contributed by atoms with Gasteiger partial charge in [0.15, 0.2) is 6.61 Å². The number of hydrogen-bond donors (Lipinski definition) is 0. The highest BCUT2D eigenvalue weighted by atomic mass is 35.5. The molecule has 0 aromatic heterocycles. The second kappa shape index (κ2) is 18.2. The lowest BCUT2D eigenvalue weighted by Gasteiger charge is -2.26. The van der Waals surface area contributed by atoms with E-state index in [0.29, 0.717) is 34.9 Å². The summed E-state index contributed by atoms with van der Waals surface area (Å²) in [6.07, 6.45) is 17.2. The van der Waals surface area contributed by atoms with Crippen molar-refractivity contribution < 1.29 is 19.2 Å². The Labute approximate surface area is 254 Å². The molecule has 0 aliphatic carbocycles. The smallest absolute Gasteiger partial charge is 0.338 e. The van der Waals surface area contributed by atoms with E-state index in [1.807, 2.05) is 30.9 Å². The molecule has 8 heteroatoms. The summed E-state index contributed by atoms with van der Waals surface area (Å²) in [6.45, 7) is 14.6. The van der Waals surface area contributed by atoms with Gasteiger partial charge in [-0.25, -0.2) is 4.79 Å². The summed E-state index contributed by atoms with van der Waals surface area (Å²) < 4.78 is 5.73. The van der Waals surface area contributed by atoms with Gasteiger partial charge in [-0.15, -0.1) is 0 Å². The number of carbonyl (C=O) groups is 2. The number of aryl methyl sites for hydroxylation is 2. The lowest BCUT2D eigenvalue weighted by Crippen LogP contribution is -2.37. The predicted octanol–water partition coefficient (Wildman–Crippen LogP) is 8.46. The van der Waals surface area contributed by atoms with Gasteiger partial charge in [0.25, 0.3) is 5.91 Å². The van der Waals surface area contributed by atoms with E-state index in [9.17, 15) is 9.59 Å². The van der Waals surface area contributed by atoms with Crippen molar-refractivity contribution in [3.8, 4) is 0 Å². The van der Waals surface area contributed by atoms with Crippen LogP contribution in [0.2, 0.25) is 30.7 Å². The van der Waals surface area contributed by atoms with Crippen LogP contribution in [0.4, 0.5) is 0 Å². The van der Waals surface area contributed by atoms with E-state index in [1.54, 1.807) is 0 Å². The summed E-state index contributed by atoms with van der Waals surface area (Å²) in [4.78, 5) is 33.3. The highest BCUT2D eigenvalue weighted by molar-refractivity contribution is 6.76. The predicted molar refractivity (Wildman–Crippen MR) is 174 cm³/mol. The van der Waals surface area contributed by atoms with Crippen LogP contribution in [-0.4, -0.2) is 56.9 Å². The van der Waals surface area contributed by atoms with Crippen LogP contribution in [0.1, 0.15) is 85.3 Å². The second-order valence-electron chi connectivity index (χ2n) is 12.2. The quantitative estimate of drug-likeness (QED) is 0.0475. The fourth-order valence-electron chi connectivity index (χ4n) is 4.70. The number of allylic oxidation sites excluding steroid dienone is 4. The van der Waals surface area contributed by atoms with Crippen LogP contribution in [0.15, 0.2) is 35.5 Å². The fourth-order valence-corrected chi connectivity index (χ4v) is 5.63. The number of halogens is 1. The van der Waals surface area contributed by atoms with Crippen molar-refractivity contribution in [2.24, 2.45) is 5.16 Å². The molecule has 41 heavy (non-hydrogen) atoms. The van der Waals surface area contributed by atoms with Crippen molar-refractivity contribution in [2.45, 2.75) is 104 Å². The number of esters is 1. The molecule has 1 heterocycles. The third kappa shape index (κ3) is 13.0. The zero-order valence-corrected chi connectivity index (χ0v) is 27.9. The number of unbranched alkanes of at least 4 members (excludes halogenated alkanes) is 3. The molecule has 1 amide bonds. The highest BCUT2D eigenvalue weighted by Crippen LogP contribution is 2.29. The van der Waals surface area contributed by atoms with Gasteiger partial charge in [-0.3, -0.25) is 4.79 Å². The van der Waals surface area contributed by atoms with E-state index in [2.05, 4.69) is 49.9 Å². The van der Waals surface area contributed by atoms with E-state index >= 15 is 0 Å². The number of benzene rings is 1. The van der Waals surface area contributed by atoms with Crippen molar-refractivity contribution >= 4 is 37.3 Å². The van der Waals surface area contributed by atoms with Crippen LogP contribution in [0.25, 0.3) is 0 Å². The zero-order valence-electron chi connectivity index (χ0n) is 26.2. The normalized spacial score (nSPS) is 14.7. The Balaban J connectivity index is 2.24. The number of rotatable bonds is 16. The largest absolute Gasteiger partial charge is 0.462 e. The standard InChI is InChI=1S/C33H51ClN2O4Si/c1-7-8-9-10-11-12-13-15-18-28(35-40-25-30(37)36-19-16-14-17-20-36)24-29-31(26(2)23-27(3)32(29)34)33(38)39-21-22-41(4,5)6/h10-11,15,18,23H,7-9,12-14,16-17,19-22,24-25H2,1-6H3/b11-10+,18-15+,35-28?. The van der Waals surface area contributed by atoms with Crippen molar-refractivity contribution in [1.82, 2.24) is 4.90 Å². The highest BCUT2D eigenvalue weighted by Gasteiger charge is 2.23. The average molecular weight is 603 g/mol. The fraction of sp³-hybridized carbons (Fsp3) is 0.606. The molecule has 0 radical (unpaired) electrons. The van der Waals surface area contributed by atoms with Crippen molar-refractivity contribution in [3.63, 3.8) is 0 Å². The summed E-state index contributed by atoms with van der Waals surface area (Å²) in [5.41, 5.74) is 3.48. The minimum atomic E-state index is -1.35. The number of nitrogens with zero attached hydrogens (tertiary/aromatic N) is 2. The SMILES string of the molecule is CCCC/C=C/CC/C=C/C(Cc1c(Cl)c(C)cc(C)c1C(=O)OCC[Si](C)(C)C)=NOCC(=O)N1CCCCC1. The van der Waals surface area contributed by atoms with Gasteiger partial charge in [-0.1, -0.05) is 80.5 Å². The van der Waals surface area contributed by atoms with Crippen molar-refractivity contribution in [1.29, 1.82) is 0 Å². The van der Waals surface area contributed by atoms with Gasteiger partial charge in [0.2, 0.25) is 0 Å². The van der Waals surface area contributed by atoms with Gasteiger partial charge in [-0.2, -0.15) is 0 Å². The first-order valence-corrected chi connectivity index (χ1v) is 19.4. The van der Waals surface area contributed by atoms with Crippen LogP contribution in [0, 0.1) is 13.8 Å². The minimum absolute atomic E-state index is 0.0508. The molecule has 228 valence electrons. The summed E-state index contributed by atoms with van der Waals surface area (Å²) in [6, 6.07) is 2.82. The van der Waals surface area contributed by atoms with Gasteiger partial charge in [0.05, 0.1) is 17.9 Å². The van der Waals surface area contributed by atoms with Crippen molar-refractivity contribution in [3.05, 3.63) is 57.6 Å². The molecular weight excluding hydrogens is 552 g/mol. The monoisotopic (exact) mass is 602 g/mol. The first-order valence-electron chi connectivity index (χ1n) is 15.3. The molecule has 1 saturated heterocycles. The molecule has 0 atom stereocenters. The van der Waals surface area contributed by atoms with Crippen LogP contribution in [0.5, 0.6) is 0 Å². The maximum absolute atomic E-state index is 13.3. The Bertz CT molecular complexity index is 1090. The lowest BCUT2D eigenvalue weighted by atomic mass is 9.94. The molecule has 1 fully saturated rings. The minimum Gasteiger partial charge on any atom is -0.462 e. The van der Waals surface area contributed by atoms with E-state index in [1.165, 1.54) is 12.8 Å². The Kier molecular flexibility index (Phi) is 15.5. The van der Waals surface area contributed by atoms with Crippen molar-refractivity contribution in [2.75, 3.05) is 26.3 Å². The molecule has 0 bridgehead atoms. The number of oxime groups is 1. The number of hydrogen-bond acceptors (Lipinski definition) is 5. The van der Waals surface area contributed by atoms with Crippen LogP contribution in [0.3, 0.4) is 0 Å².